The van der Waals surface area contributed by atoms with Crippen molar-refractivity contribution in [3.8, 4) is 11.8 Å². The number of benzene rings is 3. The van der Waals surface area contributed by atoms with E-state index >= 15 is 0 Å². The van der Waals surface area contributed by atoms with E-state index in [9.17, 15) is 8.78 Å². The minimum atomic E-state index is -0.940. The van der Waals surface area contributed by atoms with E-state index in [-0.39, 0.29) is 5.69 Å². The van der Waals surface area contributed by atoms with Crippen LogP contribution >= 0.6 is 0 Å². The zero-order chi connectivity index (χ0) is 22.5. The summed E-state index contributed by atoms with van der Waals surface area (Å²) in [4.78, 5) is 0. The zero-order valence-corrected chi connectivity index (χ0v) is 18.3. The number of allylic oxidation sites excluding steroid dienone is 1. The highest BCUT2D eigenvalue weighted by Gasteiger charge is 2.12. The highest BCUT2D eigenvalue weighted by atomic mass is 19.2. The predicted octanol–water partition coefficient (Wildman–Crippen LogP) is 8.08. The second-order valence-corrected chi connectivity index (χ2v) is 7.89. The third-order valence-corrected chi connectivity index (χ3v) is 5.49. The van der Waals surface area contributed by atoms with E-state index in [1.807, 2.05) is 18.2 Å². The molecule has 2 nitrogen and oxygen atoms in total. The average Bonchev–Trinajstić information content (AvgIpc) is 3.20. The Morgan fingerprint density at radius 2 is 1.62 bits per heavy atom. The lowest BCUT2D eigenvalue weighted by atomic mass is 10.0. The highest BCUT2D eigenvalue weighted by Crippen LogP contribution is 2.28. The van der Waals surface area contributed by atoms with Crippen molar-refractivity contribution in [2.75, 3.05) is 0 Å². The maximum Gasteiger partial charge on any atom is 0.161 e. The van der Waals surface area contributed by atoms with Gasteiger partial charge < -0.3 is 0 Å². The Hall–Kier alpha value is -3.58. The molecule has 0 aromatic heterocycles. The van der Waals surface area contributed by atoms with Crippen LogP contribution in [0.5, 0.6) is 0 Å². The van der Waals surface area contributed by atoms with E-state index in [1.165, 1.54) is 29.2 Å². The number of rotatable bonds is 5. The smallest absolute Gasteiger partial charge is 0.161 e. The fourth-order valence-corrected chi connectivity index (χ4v) is 3.82. The molecule has 0 fully saturated rings. The van der Waals surface area contributed by atoms with Gasteiger partial charge in [-0.15, -0.1) is 0 Å². The standard InChI is InChI=1S/C28H24F2N2/c1-3-5-20-15-23-9-7-19(14-24(23)16-20)6-8-22-10-11-25(17-21(22)4-2)31-32-26-12-13-27(29)28(30)18-26/h7,9-14,16-18H,3-5,15H2,1-2H3. The number of hydrogen-bond acceptors (Lipinski definition) is 2. The van der Waals surface area contributed by atoms with Gasteiger partial charge >= 0.3 is 0 Å². The van der Waals surface area contributed by atoms with Gasteiger partial charge in [-0.05, 0) is 78.4 Å². The molecule has 0 bridgehead atoms. The van der Waals surface area contributed by atoms with Gasteiger partial charge in [0.05, 0.1) is 11.4 Å². The molecule has 1 aliphatic carbocycles. The van der Waals surface area contributed by atoms with E-state index in [0.29, 0.717) is 5.69 Å². The number of fused-ring (bicyclic) bond motifs is 1. The first-order valence-electron chi connectivity index (χ1n) is 10.9. The summed E-state index contributed by atoms with van der Waals surface area (Å²) < 4.78 is 26.4. The molecule has 1 aliphatic rings. The van der Waals surface area contributed by atoms with Crippen molar-refractivity contribution < 1.29 is 8.78 Å². The summed E-state index contributed by atoms with van der Waals surface area (Å²) in [6.07, 6.45) is 6.47. The van der Waals surface area contributed by atoms with Gasteiger partial charge in [-0.3, -0.25) is 0 Å². The van der Waals surface area contributed by atoms with E-state index in [1.54, 1.807) is 0 Å². The molecule has 160 valence electrons. The molecule has 3 aromatic carbocycles. The maximum atomic E-state index is 13.3. The van der Waals surface area contributed by atoms with Gasteiger partial charge in [0.1, 0.15) is 0 Å². The molecule has 0 unspecified atom stereocenters. The Morgan fingerprint density at radius 1 is 0.844 bits per heavy atom. The van der Waals surface area contributed by atoms with Crippen LogP contribution in [0.25, 0.3) is 6.08 Å². The number of aryl methyl sites for hydroxylation is 1. The maximum absolute atomic E-state index is 13.3. The quantitative estimate of drug-likeness (QED) is 0.291. The summed E-state index contributed by atoms with van der Waals surface area (Å²) in [6, 6.07) is 15.6. The van der Waals surface area contributed by atoms with Crippen molar-refractivity contribution in [2.24, 2.45) is 10.2 Å². The molecule has 0 heterocycles. The van der Waals surface area contributed by atoms with Gasteiger partial charge in [0.15, 0.2) is 11.6 Å². The Balaban J connectivity index is 1.54. The summed E-state index contributed by atoms with van der Waals surface area (Å²) in [7, 11) is 0. The minimum absolute atomic E-state index is 0.263. The highest BCUT2D eigenvalue weighted by molar-refractivity contribution is 5.66. The first kappa shape index (κ1) is 21.6. The molecule has 0 N–H and O–H groups in total. The fourth-order valence-electron chi connectivity index (χ4n) is 3.82. The molecule has 0 atom stereocenters. The molecule has 32 heavy (non-hydrogen) atoms. The Kier molecular flexibility index (Phi) is 6.56. The van der Waals surface area contributed by atoms with Crippen LogP contribution in [-0.2, 0) is 12.8 Å². The Bertz CT molecular complexity index is 1280. The second kappa shape index (κ2) is 9.70. The van der Waals surface area contributed by atoms with Crippen molar-refractivity contribution in [3.63, 3.8) is 0 Å². The number of halogens is 2. The summed E-state index contributed by atoms with van der Waals surface area (Å²) >= 11 is 0. The summed E-state index contributed by atoms with van der Waals surface area (Å²) in [6.45, 7) is 4.27. The third-order valence-electron chi connectivity index (χ3n) is 5.49. The van der Waals surface area contributed by atoms with Gasteiger partial charge in [-0.2, -0.15) is 10.2 Å². The van der Waals surface area contributed by atoms with Crippen LogP contribution in [0.15, 0.2) is 70.4 Å². The third kappa shape index (κ3) is 5.00. The van der Waals surface area contributed by atoms with Crippen molar-refractivity contribution in [3.05, 3.63) is 99.6 Å². The van der Waals surface area contributed by atoms with E-state index in [4.69, 9.17) is 0 Å². The first-order valence-corrected chi connectivity index (χ1v) is 10.9. The van der Waals surface area contributed by atoms with Crippen LogP contribution < -0.4 is 0 Å². The lowest BCUT2D eigenvalue weighted by molar-refractivity contribution is 0.509. The van der Waals surface area contributed by atoms with Crippen LogP contribution in [-0.4, -0.2) is 0 Å². The van der Waals surface area contributed by atoms with Gasteiger partial charge in [0, 0.05) is 17.2 Å². The molecule has 3 aromatic rings. The minimum Gasteiger partial charge on any atom is -0.204 e. The molecule has 0 aliphatic heterocycles. The largest absolute Gasteiger partial charge is 0.204 e. The van der Waals surface area contributed by atoms with Crippen molar-refractivity contribution in [2.45, 2.75) is 39.5 Å². The molecular weight excluding hydrogens is 402 g/mol. The molecule has 0 saturated heterocycles. The molecule has 0 amide bonds. The van der Waals surface area contributed by atoms with Crippen LogP contribution in [0.2, 0.25) is 0 Å². The Labute approximate surface area is 187 Å². The second-order valence-electron chi connectivity index (χ2n) is 7.89. The van der Waals surface area contributed by atoms with Crippen molar-refractivity contribution in [1.82, 2.24) is 0 Å². The number of azo groups is 1. The SMILES string of the molecule is CCCC1=Cc2cc(C#Cc3ccc(N=Nc4ccc(F)c(F)c4)cc3CC)ccc2C1. The summed E-state index contributed by atoms with van der Waals surface area (Å²) in [5, 5.41) is 8.16. The lowest BCUT2D eigenvalue weighted by Crippen LogP contribution is -1.88. The van der Waals surface area contributed by atoms with Crippen molar-refractivity contribution in [1.29, 1.82) is 0 Å². The van der Waals surface area contributed by atoms with Gasteiger partial charge in [0.2, 0.25) is 0 Å². The molecule has 0 radical (unpaired) electrons. The monoisotopic (exact) mass is 426 g/mol. The molecule has 4 heteroatoms. The zero-order valence-electron chi connectivity index (χ0n) is 18.3. The van der Waals surface area contributed by atoms with Crippen LogP contribution in [0.4, 0.5) is 20.2 Å². The first-order chi connectivity index (χ1) is 15.6. The van der Waals surface area contributed by atoms with Gasteiger partial charge in [0.25, 0.3) is 0 Å². The number of hydrogen-bond donors (Lipinski definition) is 0. The lowest BCUT2D eigenvalue weighted by Gasteiger charge is -2.03. The molecule has 0 spiro atoms. The molecule has 0 saturated carbocycles. The van der Waals surface area contributed by atoms with Gasteiger partial charge in [-0.1, -0.05) is 49.8 Å². The van der Waals surface area contributed by atoms with E-state index < -0.39 is 11.6 Å². The van der Waals surface area contributed by atoms with Crippen LogP contribution in [0, 0.1) is 23.5 Å². The Morgan fingerprint density at radius 3 is 2.38 bits per heavy atom. The van der Waals surface area contributed by atoms with Crippen LogP contribution in [0.3, 0.4) is 0 Å². The van der Waals surface area contributed by atoms with E-state index in [2.05, 4.69) is 60.2 Å². The topological polar surface area (TPSA) is 24.7 Å². The van der Waals surface area contributed by atoms with E-state index in [0.717, 1.165) is 48.1 Å². The molecule has 4 rings (SSSR count). The van der Waals surface area contributed by atoms with Crippen molar-refractivity contribution >= 4 is 17.5 Å². The van der Waals surface area contributed by atoms with Gasteiger partial charge in [-0.25, -0.2) is 8.78 Å². The average molecular weight is 427 g/mol. The number of nitrogens with zero attached hydrogens (tertiary/aromatic N) is 2. The predicted molar refractivity (Wildman–Crippen MR) is 125 cm³/mol. The summed E-state index contributed by atoms with van der Waals surface area (Å²) in [5.41, 5.74) is 8.07. The fraction of sp³-hybridized carbons (Fsp3) is 0.214. The molecular formula is C28H24F2N2. The normalized spacial score (nSPS) is 12.4. The summed E-state index contributed by atoms with van der Waals surface area (Å²) in [5.74, 6) is 4.74. The van der Waals surface area contributed by atoms with Crippen LogP contribution in [0.1, 0.15) is 54.5 Å².